The number of hydrogen-bond acceptors (Lipinski definition) is 6. The van der Waals surface area contributed by atoms with Crippen LogP contribution in [0.3, 0.4) is 0 Å². The number of carbonyl (C=O) groups is 1. The summed E-state index contributed by atoms with van der Waals surface area (Å²) < 4.78 is 16.1. The van der Waals surface area contributed by atoms with E-state index in [1.165, 1.54) is 6.20 Å². The first-order valence-corrected chi connectivity index (χ1v) is 8.42. The lowest BCUT2D eigenvalue weighted by Gasteiger charge is -2.28. The van der Waals surface area contributed by atoms with Gasteiger partial charge in [-0.25, -0.2) is 0 Å². The molecule has 2 aromatic heterocycles. The monoisotopic (exact) mass is 345 g/mol. The van der Waals surface area contributed by atoms with E-state index in [9.17, 15) is 4.79 Å². The molecule has 1 aliphatic rings. The van der Waals surface area contributed by atoms with E-state index < -0.39 is 0 Å². The Morgan fingerprint density at radius 2 is 2.16 bits per heavy atom. The van der Waals surface area contributed by atoms with Crippen LogP contribution < -0.4 is 0 Å². The van der Waals surface area contributed by atoms with Crippen molar-refractivity contribution in [2.45, 2.75) is 31.9 Å². The molecule has 0 aromatic carbocycles. The molecule has 0 saturated carbocycles. The van der Waals surface area contributed by atoms with Crippen molar-refractivity contribution in [3.63, 3.8) is 0 Å². The van der Waals surface area contributed by atoms with Gasteiger partial charge in [0.2, 0.25) is 0 Å². The Morgan fingerprint density at radius 3 is 2.84 bits per heavy atom. The van der Waals surface area contributed by atoms with E-state index in [0.29, 0.717) is 31.1 Å². The van der Waals surface area contributed by atoms with Crippen molar-refractivity contribution >= 4 is 5.91 Å². The Hall–Kier alpha value is -2.25. The lowest BCUT2D eigenvalue weighted by Crippen LogP contribution is -2.42. The summed E-state index contributed by atoms with van der Waals surface area (Å²) in [5.41, 5.74) is 1.64. The maximum Gasteiger partial charge on any atom is 0.259 e. The van der Waals surface area contributed by atoms with Crippen molar-refractivity contribution in [2.24, 2.45) is 0 Å². The van der Waals surface area contributed by atoms with E-state index >= 15 is 0 Å². The topological polar surface area (TPSA) is 77.7 Å². The Kier molecular flexibility index (Phi) is 5.78. The van der Waals surface area contributed by atoms with Crippen molar-refractivity contribution < 1.29 is 18.8 Å². The summed E-state index contributed by atoms with van der Waals surface area (Å²) in [6.07, 6.45) is 6.52. The fourth-order valence-corrected chi connectivity index (χ4v) is 3.22. The average Bonchev–Trinajstić information content (AvgIpc) is 3.22. The number of pyridine rings is 1. The highest BCUT2D eigenvalue weighted by Gasteiger charge is 2.38. The smallest absolute Gasteiger partial charge is 0.259 e. The number of hydrogen-bond donors (Lipinski definition) is 0. The van der Waals surface area contributed by atoms with Crippen LogP contribution in [0.25, 0.3) is 0 Å². The second-order valence-corrected chi connectivity index (χ2v) is 6.11. The number of aryl methyl sites for hydroxylation is 1. The maximum atomic E-state index is 12.9. The van der Waals surface area contributed by atoms with E-state index in [1.54, 1.807) is 26.4 Å². The Balaban J connectivity index is 1.78. The zero-order chi connectivity index (χ0) is 17.6. The average molecular weight is 345 g/mol. The highest BCUT2D eigenvalue weighted by molar-refractivity contribution is 5.95. The van der Waals surface area contributed by atoms with Crippen LogP contribution in [0.15, 0.2) is 35.2 Å². The van der Waals surface area contributed by atoms with Crippen LogP contribution >= 0.6 is 0 Å². The molecule has 7 heteroatoms. The molecule has 1 fully saturated rings. The van der Waals surface area contributed by atoms with Crippen LogP contribution in [0, 0.1) is 6.92 Å². The number of carbonyl (C=O) groups excluding carboxylic acids is 1. The fourth-order valence-electron chi connectivity index (χ4n) is 3.22. The number of amides is 1. The standard InChI is InChI=1S/C18H23N3O4/c1-13-15(12-20-25-13)18(22)21-8-5-17(24-10-9-23-2)16(21)11-14-3-6-19-7-4-14/h3-4,6-7,12,16-17H,5,8-11H2,1-2H3/t16-,17+/m0/s1. The van der Waals surface area contributed by atoms with Gasteiger partial charge in [0.25, 0.3) is 5.91 Å². The van der Waals surface area contributed by atoms with Crippen LogP contribution in [0.4, 0.5) is 0 Å². The second kappa shape index (κ2) is 8.22. The van der Waals surface area contributed by atoms with Crippen LogP contribution in [-0.2, 0) is 15.9 Å². The molecule has 3 rings (SSSR count). The van der Waals surface area contributed by atoms with Crippen molar-refractivity contribution in [1.29, 1.82) is 0 Å². The number of methoxy groups -OCH3 is 1. The molecule has 0 unspecified atom stereocenters. The second-order valence-electron chi connectivity index (χ2n) is 6.11. The largest absolute Gasteiger partial charge is 0.382 e. The first-order valence-electron chi connectivity index (χ1n) is 8.42. The van der Waals surface area contributed by atoms with Gasteiger partial charge in [0.1, 0.15) is 11.3 Å². The van der Waals surface area contributed by atoms with E-state index in [0.717, 1.165) is 18.4 Å². The van der Waals surface area contributed by atoms with Gasteiger partial charge in [0.05, 0.1) is 31.6 Å². The molecule has 7 nitrogen and oxygen atoms in total. The zero-order valence-electron chi connectivity index (χ0n) is 14.6. The van der Waals surface area contributed by atoms with Crippen molar-refractivity contribution in [3.05, 3.63) is 47.6 Å². The highest BCUT2D eigenvalue weighted by Crippen LogP contribution is 2.27. The molecule has 0 aliphatic carbocycles. The molecule has 1 amide bonds. The van der Waals surface area contributed by atoms with E-state index in [2.05, 4.69) is 10.1 Å². The normalized spacial score (nSPS) is 20.2. The predicted octanol–water partition coefficient (Wildman–Crippen LogP) is 1.87. The van der Waals surface area contributed by atoms with Crippen LogP contribution in [-0.4, -0.2) is 60.0 Å². The molecule has 2 atom stereocenters. The van der Waals surface area contributed by atoms with Gasteiger partial charge in [0, 0.05) is 26.0 Å². The Labute approximate surface area is 146 Å². The highest BCUT2D eigenvalue weighted by atomic mass is 16.5. The molecule has 0 bridgehead atoms. The molecule has 0 spiro atoms. The van der Waals surface area contributed by atoms with Gasteiger partial charge >= 0.3 is 0 Å². The Bertz CT molecular complexity index is 689. The van der Waals surface area contributed by atoms with Gasteiger partial charge in [-0.1, -0.05) is 5.16 Å². The predicted molar refractivity (Wildman–Crippen MR) is 90.2 cm³/mol. The molecule has 25 heavy (non-hydrogen) atoms. The maximum absolute atomic E-state index is 12.9. The summed E-state index contributed by atoms with van der Waals surface area (Å²) in [5, 5.41) is 3.72. The number of likely N-dealkylation sites (tertiary alicyclic amines) is 1. The van der Waals surface area contributed by atoms with Crippen molar-refractivity contribution in [2.75, 3.05) is 26.9 Å². The van der Waals surface area contributed by atoms with Gasteiger partial charge in [-0.2, -0.15) is 0 Å². The SMILES string of the molecule is COCCO[C@@H]1CCN(C(=O)c2cnoc2C)[C@H]1Cc1ccncc1. The summed E-state index contributed by atoms with van der Waals surface area (Å²) >= 11 is 0. The third kappa shape index (κ3) is 4.05. The first-order chi connectivity index (χ1) is 12.2. The molecule has 0 radical (unpaired) electrons. The summed E-state index contributed by atoms with van der Waals surface area (Å²) in [5.74, 6) is 0.479. The molecule has 2 aromatic rings. The molecular weight excluding hydrogens is 322 g/mol. The van der Waals surface area contributed by atoms with Gasteiger partial charge in [-0.15, -0.1) is 0 Å². The molecule has 134 valence electrons. The number of nitrogens with zero attached hydrogens (tertiary/aromatic N) is 3. The van der Waals surface area contributed by atoms with E-state index in [4.69, 9.17) is 14.0 Å². The Morgan fingerprint density at radius 1 is 1.36 bits per heavy atom. The van der Waals surface area contributed by atoms with Gasteiger partial charge in [-0.05, 0) is 37.5 Å². The quantitative estimate of drug-likeness (QED) is 0.713. The fraction of sp³-hybridized carbons (Fsp3) is 0.500. The number of ether oxygens (including phenoxy) is 2. The van der Waals surface area contributed by atoms with Gasteiger partial charge in [0.15, 0.2) is 0 Å². The minimum atomic E-state index is -0.0596. The lowest BCUT2D eigenvalue weighted by molar-refractivity contribution is 0.000470. The van der Waals surface area contributed by atoms with E-state index in [1.807, 2.05) is 17.0 Å². The molecule has 3 heterocycles. The van der Waals surface area contributed by atoms with Crippen LogP contribution in [0.1, 0.15) is 28.1 Å². The van der Waals surface area contributed by atoms with Crippen molar-refractivity contribution in [1.82, 2.24) is 15.0 Å². The summed E-state index contributed by atoms with van der Waals surface area (Å²) in [7, 11) is 1.65. The minimum Gasteiger partial charge on any atom is -0.382 e. The van der Waals surface area contributed by atoms with Gasteiger partial charge in [-0.3, -0.25) is 9.78 Å². The molecule has 1 aliphatic heterocycles. The van der Waals surface area contributed by atoms with Gasteiger partial charge < -0.3 is 18.9 Å². The molecular formula is C18H23N3O4. The molecule has 0 N–H and O–H groups in total. The third-order valence-electron chi connectivity index (χ3n) is 4.54. The van der Waals surface area contributed by atoms with E-state index in [-0.39, 0.29) is 18.1 Å². The summed E-state index contributed by atoms with van der Waals surface area (Å²) in [4.78, 5) is 18.9. The van der Waals surface area contributed by atoms with Crippen LogP contribution in [0.5, 0.6) is 0 Å². The third-order valence-corrected chi connectivity index (χ3v) is 4.54. The number of aromatic nitrogens is 2. The van der Waals surface area contributed by atoms with Crippen molar-refractivity contribution in [3.8, 4) is 0 Å². The zero-order valence-corrected chi connectivity index (χ0v) is 14.6. The summed E-state index contributed by atoms with van der Waals surface area (Å²) in [6, 6.07) is 3.90. The minimum absolute atomic E-state index is 0.0209. The summed E-state index contributed by atoms with van der Waals surface area (Å²) in [6.45, 7) is 3.46. The number of rotatable bonds is 7. The lowest BCUT2D eigenvalue weighted by atomic mass is 10.0. The molecule has 1 saturated heterocycles. The first kappa shape index (κ1) is 17.6. The van der Waals surface area contributed by atoms with Crippen LogP contribution in [0.2, 0.25) is 0 Å².